The van der Waals surface area contributed by atoms with Gasteiger partial charge in [-0.15, -0.1) is 5.73 Å². The molecule has 0 aromatic carbocycles. The Kier molecular flexibility index (Phi) is 28.7. The van der Waals surface area contributed by atoms with Crippen molar-refractivity contribution in [2.75, 3.05) is 0 Å². The molecule has 0 bridgehead atoms. The van der Waals surface area contributed by atoms with E-state index in [2.05, 4.69) is 25.2 Å². The summed E-state index contributed by atoms with van der Waals surface area (Å²) in [5.41, 5.74) is 4.48. The number of halogens is 2. The zero-order valence-electron chi connectivity index (χ0n) is 9.10. The molecule has 0 fully saturated rings. The number of rotatable bonds is 5. The van der Waals surface area contributed by atoms with Crippen molar-refractivity contribution in [3.63, 3.8) is 0 Å². The van der Waals surface area contributed by atoms with Crippen LogP contribution in [0.5, 0.6) is 0 Å². The monoisotopic (exact) mass is 367 g/mol. The van der Waals surface area contributed by atoms with Gasteiger partial charge in [-0.05, 0) is 25.0 Å². The molecule has 0 atom stereocenters. The van der Waals surface area contributed by atoms with E-state index in [1.54, 1.807) is 0 Å². The van der Waals surface area contributed by atoms with Gasteiger partial charge in [0.2, 0.25) is 0 Å². The summed E-state index contributed by atoms with van der Waals surface area (Å²) in [6, 6.07) is 0. The minimum Gasteiger partial charge on any atom is -1.00 e. The predicted octanol–water partition coefficient (Wildman–Crippen LogP) is -1.92. The van der Waals surface area contributed by atoms with Gasteiger partial charge in [0.05, 0.1) is 0 Å². The van der Waals surface area contributed by atoms with Gasteiger partial charge < -0.3 is 24.8 Å². The predicted molar refractivity (Wildman–Crippen MR) is 66.3 cm³/mol. The Morgan fingerprint density at radius 1 is 1.06 bits per heavy atom. The van der Waals surface area contributed by atoms with Crippen molar-refractivity contribution >= 4 is 23.9 Å². The zero-order valence-corrected chi connectivity index (χ0v) is 13.5. The van der Waals surface area contributed by atoms with Crippen LogP contribution in [0, 0.1) is 6.42 Å². The second kappa shape index (κ2) is 18.0. The first-order chi connectivity index (χ1) is 5.93. The van der Waals surface area contributed by atoms with E-state index >= 15 is 0 Å². The smallest absolute Gasteiger partial charge is 1.00 e. The van der Waals surface area contributed by atoms with E-state index < -0.39 is 0 Å². The average molecular weight is 367 g/mol. The molecule has 91 valence electrons. The van der Waals surface area contributed by atoms with Crippen LogP contribution in [0.3, 0.4) is 0 Å². The molecular weight excluding hydrogens is 346 g/mol. The van der Waals surface area contributed by atoms with Crippen LogP contribution < -0.4 is 24.8 Å². The number of allylic oxidation sites excluding steroid dienone is 3. The maximum atomic E-state index is 3.03. The molecule has 0 aromatic heterocycles. The van der Waals surface area contributed by atoms with Crippen LogP contribution in [0.4, 0.5) is 0 Å². The van der Waals surface area contributed by atoms with E-state index in [-0.39, 0.29) is 56.1 Å². The second-order valence-electron chi connectivity index (χ2n) is 3.22. The molecule has 0 aliphatic heterocycles. The van der Waals surface area contributed by atoms with Gasteiger partial charge in [-0.1, -0.05) is 45.3 Å². The first kappa shape index (κ1) is 25.5. The Balaban J connectivity index is -0.000000180. The quantitative estimate of drug-likeness (QED) is 0.302. The Morgan fingerprint density at radius 3 is 2.25 bits per heavy atom. The third kappa shape index (κ3) is 12.7. The van der Waals surface area contributed by atoms with Gasteiger partial charge in [0.15, 0.2) is 0 Å². The molecule has 1 aliphatic carbocycles. The average Bonchev–Trinajstić information content (AvgIpc) is 2.14. The van der Waals surface area contributed by atoms with E-state index in [4.69, 9.17) is 0 Å². The maximum absolute atomic E-state index is 3.03. The van der Waals surface area contributed by atoms with Crippen molar-refractivity contribution in [3.8, 4) is 0 Å². The summed E-state index contributed by atoms with van der Waals surface area (Å²) in [7, 11) is 0. The number of hydrogen-bond donors (Lipinski definition) is 0. The van der Waals surface area contributed by atoms with E-state index in [0.717, 1.165) is 0 Å². The van der Waals surface area contributed by atoms with Gasteiger partial charge >= 0.3 is 23.9 Å². The van der Waals surface area contributed by atoms with Gasteiger partial charge in [-0.2, -0.15) is 0 Å². The summed E-state index contributed by atoms with van der Waals surface area (Å²) in [4.78, 5) is 0. The molecule has 0 saturated carbocycles. The molecule has 16 heavy (non-hydrogen) atoms. The van der Waals surface area contributed by atoms with E-state index in [1.807, 2.05) is 12.2 Å². The van der Waals surface area contributed by atoms with Gasteiger partial charge in [0, 0.05) is 6.42 Å². The molecule has 0 nitrogen and oxygen atoms in total. The fraction of sp³-hybridized carbons (Fsp3) is 0.538. The minimum atomic E-state index is 0. The largest absolute Gasteiger partial charge is 2.00 e. The van der Waals surface area contributed by atoms with Crippen molar-refractivity contribution in [2.45, 2.75) is 46.5 Å². The van der Waals surface area contributed by atoms with Crippen LogP contribution in [0.15, 0.2) is 29.5 Å². The molecule has 0 amide bonds. The molecule has 0 unspecified atom stereocenters. The SMILES string of the molecule is C.CCCCCCC1=CC=C=C[CH]1.[Cl-].[Cl-].[Sn+2]. The summed E-state index contributed by atoms with van der Waals surface area (Å²) < 4.78 is 0. The molecular formula is C13H21Cl2Sn. The summed E-state index contributed by atoms with van der Waals surface area (Å²) >= 11 is 0. The van der Waals surface area contributed by atoms with Crippen molar-refractivity contribution in [1.82, 2.24) is 0 Å². The molecule has 1 rings (SSSR count). The summed E-state index contributed by atoms with van der Waals surface area (Å²) in [5, 5.41) is 0. The van der Waals surface area contributed by atoms with Crippen LogP contribution in [0.2, 0.25) is 0 Å². The Hall–Kier alpha value is 0.639. The standard InChI is InChI=1S/C12H17.CH4.2ClH.Sn/c1-2-3-4-6-9-12-10-7-5-8-11-12;;;;/h7-8,10-11H,2-4,6,9H2,1H3;1H4;2*1H;/q;;;;+2/p-2. The molecule has 3 heteroatoms. The van der Waals surface area contributed by atoms with E-state index in [9.17, 15) is 0 Å². The first-order valence-electron chi connectivity index (χ1n) is 4.88. The zero-order chi connectivity index (χ0) is 8.65. The normalized spacial score (nSPS) is 11.2. The number of hydrogen-bond acceptors (Lipinski definition) is 0. The fourth-order valence-electron chi connectivity index (χ4n) is 1.34. The molecule has 3 radical (unpaired) electrons. The van der Waals surface area contributed by atoms with Gasteiger partial charge in [-0.3, -0.25) is 0 Å². The van der Waals surface area contributed by atoms with Gasteiger partial charge in [-0.25, -0.2) is 0 Å². The van der Waals surface area contributed by atoms with Crippen LogP contribution in [-0.2, 0) is 0 Å². The maximum Gasteiger partial charge on any atom is 2.00 e. The van der Waals surface area contributed by atoms with Crippen LogP contribution in [-0.4, -0.2) is 23.9 Å². The molecule has 0 spiro atoms. The third-order valence-electron chi connectivity index (χ3n) is 2.11. The Labute approximate surface area is 130 Å². The molecule has 0 saturated heterocycles. The van der Waals surface area contributed by atoms with Crippen molar-refractivity contribution in [2.24, 2.45) is 0 Å². The Bertz CT molecular complexity index is 216. The minimum absolute atomic E-state index is 0. The molecule has 0 N–H and O–H groups in total. The first-order valence-corrected chi connectivity index (χ1v) is 4.88. The third-order valence-corrected chi connectivity index (χ3v) is 2.11. The van der Waals surface area contributed by atoms with Gasteiger partial charge in [0.25, 0.3) is 0 Å². The van der Waals surface area contributed by atoms with Crippen molar-refractivity contribution < 1.29 is 24.8 Å². The summed E-state index contributed by atoms with van der Waals surface area (Å²) in [6.07, 6.45) is 14.9. The summed E-state index contributed by atoms with van der Waals surface area (Å²) in [5.74, 6) is 0. The van der Waals surface area contributed by atoms with Crippen LogP contribution in [0.1, 0.15) is 46.5 Å². The van der Waals surface area contributed by atoms with E-state index in [1.165, 1.54) is 37.7 Å². The fourth-order valence-corrected chi connectivity index (χ4v) is 1.34. The second-order valence-corrected chi connectivity index (χ2v) is 3.22. The topological polar surface area (TPSA) is 0 Å². The Morgan fingerprint density at radius 2 is 1.75 bits per heavy atom. The van der Waals surface area contributed by atoms with Gasteiger partial charge in [0.1, 0.15) is 0 Å². The summed E-state index contributed by atoms with van der Waals surface area (Å²) in [6.45, 7) is 2.25. The molecule has 1 aliphatic rings. The molecule has 0 aromatic rings. The van der Waals surface area contributed by atoms with Crippen molar-refractivity contribution in [1.29, 1.82) is 0 Å². The van der Waals surface area contributed by atoms with Crippen LogP contribution >= 0.6 is 0 Å². The van der Waals surface area contributed by atoms with E-state index in [0.29, 0.717) is 0 Å². The van der Waals surface area contributed by atoms with Crippen molar-refractivity contribution in [3.05, 3.63) is 36.0 Å². The van der Waals surface area contributed by atoms with Crippen LogP contribution in [0.25, 0.3) is 0 Å². The number of unbranched alkanes of at least 4 members (excludes halogenated alkanes) is 3. The molecule has 0 heterocycles.